The number of nitrogens with zero attached hydrogens (tertiary/aromatic N) is 2. The van der Waals surface area contributed by atoms with E-state index in [2.05, 4.69) is 15.8 Å². The second-order valence-corrected chi connectivity index (χ2v) is 7.91. The van der Waals surface area contributed by atoms with Crippen molar-refractivity contribution in [2.24, 2.45) is 5.10 Å². The highest BCUT2D eigenvalue weighted by Crippen LogP contribution is 2.28. The van der Waals surface area contributed by atoms with Crippen LogP contribution in [0.25, 0.3) is 5.69 Å². The Labute approximate surface area is 190 Å². The monoisotopic (exact) mass is 456 g/mol. The molecular formula is C23H22Cl2N4O2. The number of hydrazone groups is 1. The van der Waals surface area contributed by atoms with E-state index in [4.69, 9.17) is 23.2 Å². The lowest BCUT2D eigenvalue weighted by molar-refractivity contribution is -0.139. The molecule has 0 saturated carbocycles. The summed E-state index contributed by atoms with van der Waals surface area (Å²) >= 11 is 12.3. The van der Waals surface area contributed by atoms with Gasteiger partial charge in [-0.1, -0.05) is 53.5 Å². The zero-order valence-corrected chi connectivity index (χ0v) is 18.8. The van der Waals surface area contributed by atoms with Crippen LogP contribution in [-0.4, -0.2) is 22.6 Å². The van der Waals surface area contributed by atoms with Gasteiger partial charge in [-0.3, -0.25) is 9.59 Å². The molecule has 0 radical (unpaired) electrons. The topological polar surface area (TPSA) is 75.5 Å². The van der Waals surface area contributed by atoms with Gasteiger partial charge in [-0.2, -0.15) is 5.10 Å². The fraction of sp³-hybridized carbons (Fsp3) is 0.174. The standard InChI is InChI=1S/C23H22Cl2N4O2/c1-14-11-18(16(3)29(14)21-10-9-19(24)12-20(21)25)13-26-28-23(31)22(30)27-15(2)17-7-5-4-6-8-17/h4-13,15H,1-3H3,(H,27,30)(H,28,31)/b26-13-/t15-/m0/s1. The van der Waals surface area contributed by atoms with Crippen LogP contribution in [0, 0.1) is 13.8 Å². The Morgan fingerprint density at radius 3 is 2.42 bits per heavy atom. The van der Waals surface area contributed by atoms with Crippen molar-refractivity contribution in [3.05, 3.63) is 87.2 Å². The van der Waals surface area contributed by atoms with Crippen molar-refractivity contribution in [3.8, 4) is 5.69 Å². The lowest BCUT2D eigenvalue weighted by Gasteiger charge is -2.13. The first-order chi connectivity index (χ1) is 14.8. The summed E-state index contributed by atoms with van der Waals surface area (Å²) in [5.74, 6) is -1.60. The number of halogens is 2. The Balaban J connectivity index is 1.67. The highest BCUT2D eigenvalue weighted by atomic mass is 35.5. The summed E-state index contributed by atoms with van der Waals surface area (Å²) in [5, 5.41) is 7.66. The van der Waals surface area contributed by atoms with Crippen LogP contribution < -0.4 is 10.7 Å². The van der Waals surface area contributed by atoms with Crippen molar-refractivity contribution in [1.82, 2.24) is 15.3 Å². The van der Waals surface area contributed by atoms with Crippen LogP contribution in [0.15, 0.2) is 59.7 Å². The predicted molar refractivity (Wildman–Crippen MR) is 124 cm³/mol. The molecule has 3 aromatic rings. The molecule has 2 N–H and O–H groups in total. The summed E-state index contributed by atoms with van der Waals surface area (Å²) in [6.07, 6.45) is 1.49. The van der Waals surface area contributed by atoms with Crippen molar-refractivity contribution in [3.63, 3.8) is 0 Å². The number of aromatic nitrogens is 1. The lowest BCUT2D eigenvalue weighted by Crippen LogP contribution is -2.39. The van der Waals surface area contributed by atoms with Crippen molar-refractivity contribution < 1.29 is 9.59 Å². The highest BCUT2D eigenvalue weighted by molar-refractivity contribution is 6.36. The summed E-state index contributed by atoms with van der Waals surface area (Å²) in [4.78, 5) is 24.2. The number of carbonyl (C=O) groups excluding carboxylic acids is 2. The van der Waals surface area contributed by atoms with Gasteiger partial charge in [0.15, 0.2) is 0 Å². The Bertz CT molecular complexity index is 1140. The van der Waals surface area contributed by atoms with Crippen LogP contribution in [0.1, 0.15) is 35.5 Å². The number of carbonyl (C=O) groups is 2. The third-order valence-electron chi connectivity index (χ3n) is 4.84. The number of aryl methyl sites for hydroxylation is 1. The smallest absolute Gasteiger partial charge is 0.329 e. The average Bonchev–Trinajstić information content (AvgIpc) is 3.02. The Morgan fingerprint density at radius 2 is 1.74 bits per heavy atom. The van der Waals surface area contributed by atoms with Crippen LogP contribution in [0.4, 0.5) is 0 Å². The quantitative estimate of drug-likeness (QED) is 0.330. The molecule has 31 heavy (non-hydrogen) atoms. The molecule has 0 unspecified atom stereocenters. The predicted octanol–water partition coefficient (Wildman–Crippen LogP) is 4.73. The Morgan fingerprint density at radius 1 is 1.03 bits per heavy atom. The summed E-state index contributed by atoms with van der Waals surface area (Å²) in [7, 11) is 0. The minimum Gasteiger partial charge on any atom is -0.341 e. The Hall–Kier alpha value is -3.09. The maximum atomic E-state index is 12.1. The largest absolute Gasteiger partial charge is 0.341 e. The van der Waals surface area contributed by atoms with Crippen LogP contribution in [0.3, 0.4) is 0 Å². The molecule has 160 valence electrons. The fourth-order valence-electron chi connectivity index (χ4n) is 3.25. The van der Waals surface area contributed by atoms with Gasteiger partial charge in [0.05, 0.1) is 23.0 Å². The maximum absolute atomic E-state index is 12.1. The van der Waals surface area contributed by atoms with E-state index in [1.807, 2.05) is 60.9 Å². The third-order valence-corrected chi connectivity index (χ3v) is 5.38. The molecule has 0 bridgehead atoms. The molecule has 0 aliphatic rings. The zero-order chi connectivity index (χ0) is 22.5. The maximum Gasteiger partial charge on any atom is 0.329 e. The van der Waals surface area contributed by atoms with Gasteiger partial charge in [0.1, 0.15) is 0 Å². The second kappa shape index (κ2) is 9.81. The summed E-state index contributed by atoms with van der Waals surface area (Å²) < 4.78 is 1.97. The Kier molecular flexibility index (Phi) is 7.15. The number of hydrogen-bond donors (Lipinski definition) is 2. The summed E-state index contributed by atoms with van der Waals surface area (Å²) in [5.41, 5.74) is 6.55. The van der Waals surface area contributed by atoms with E-state index in [0.29, 0.717) is 10.0 Å². The molecule has 0 spiro atoms. The number of nitrogens with one attached hydrogen (secondary N) is 2. The van der Waals surface area contributed by atoms with Gasteiger partial charge in [-0.05, 0) is 50.6 Å². The fourth-order valence-corrected chi connectivity index (χ4v) is 3.74. The first-order valence-electron chi connectivity index (χ1n) is 9.61. The van der Waals surface area contributed by atoms with E-state index in [1.165, 1.54) is 6.21 Å². The molecule has 0 saturated heterocycles. The molecule has 1 aromatic heterocycles. The third kappa shape index (κ3) is 5.34. The van der Waals surface area contributed by atoms with E-state index in [-0.39, 0.29) is 6.04 Å². The molecule has 8 heteroatoms. The van der Waals surface area contributed by atoms with Crippen molar-refractivity contribution in [2.75, 3.05) is 0 Å². The van der Waals surface area contributed by atoms with Crippen LogP contribution >= 0.6 is 23.2 Å². The van der Waals surface area contributed by atoms with Gasteiger partial charge >= 0.3 is 11.8 Å². The minimum absolute atomic E-state index is 0.300. The molecule has 2 amide bonds. The number of rotatable bonds is 5. The van der Waals surface area contributed by atoms with Crippen molar-refractivity contribution in [2.45, 2.75) is 26.8 Å². The van der Waals surface area contributed by atoms with E-state index in [1.54, 1.807) is 19.1 Å². The molecule has 3 rings (SSSR count). The van der Waals surface area contributed by atoms with Crippen molar-refractivity contribution in [1.29, 1.82) is 0 Å². The van der Waals surface area contributed by atoms with Gasteiger partial charge in [0.2, 0.25) is 0 Å². The molecule has 0 fully saturated rings. The lowest BCUT2D eigenvalue weighted by atomic mass is 10.1. The number of hydrogen-bond acceptors (Lipinski definition) is 3. The minimum atomic E-state index is -0.839. The average molecular weight is 457 g/mol. The number of amides is 2. The molecular weight excluding hydrogens is 435 g/mol. The molecule has 1 atom stereocenters. The normalized spacial score (nSPS) is 12.0. The zero-order valence-electron chi connectivity index (χ0n) is 17.3. The van der Waals surface area contributed by atoms with Crippen LogP contribution in [0.5, 0.6) is 0 Å². The first-order valence-corrected chi connectivity index (χ1v) is 10.4. The first kappa shape index (κ1) is 22.6. The van der Waals surface area contributed by atoms with E-state index >= 15 is 0 Å². The number of benzene rings is 2. The van der Waals surface area contributed by atoms with Gasteiger partial charge in [-0.25, -0.2) is 5.43 Å². The summed E-state index contributed by atoms with van der Waals surface area (Å²) in [6, 6.07) is 16.3. The molecule has 0 aliphatic heterocycles. The highest BCUT2D eigenvalue weighted by Gasteiger charge is 2.17. The van der Waals surface area contributed by atoms with E-state index in [9.17, 15) is 9.59 Å². The SMILES string of the molecule is Cc1cc(/C=N\NC(=O)C(=O)N[C@@H](C)c2ccccc2)c(C)n1-c1ccc(Cl)cc1Cl. The van der Waals surface area contributed by atoms with Crippen LogP contribution in [-0.2, 0) is 9.59 Å². The van der Waals surface area contributed by atoms with Crippen molar-refractivity contribution >= 4 is 41.2 Å². The van der Waals surface area contributed by atoms with E-state index < -0.39 is 11.8 Å². The second-order valence-electron chi connectivity index (χ2n) is 7.06. The molecule has 2 aromatic carbocycles. The summed E-state index contributed by atoms with van der Waals surface area (Å²) in [6.45, 7) is 5.65. The molecule has 6 nitrogen and oxygen atoms in total. The molecule has 0 aliphatic carbocycles. The van der Waals surface area contributed by atoms with Gasteiger partial charge in [0.25, 0.3) is 0 Å². The van der Waals surface area contributed by atoms with Gasteiger partial charge in [0, 0.05) is 22.0 Å². The van der Waals surface area contributed by atoms with Gasteiger partial charge < -0.3 is 9.88 Å². The van der Waals surface area contributed by atoms with Gasteiger partial charge in [-0.15, -0.1) is 0 Å². The molecule has 1 heterocycles. The van der Waals surface area contributed by atoms with E-state index in [0.717, 1.165) is 28.2 Å². The van der Waals surface area contributed by atoms with Crippen LogP contribution in [0.2, 0.25) is 10.0 Å².